The number of carbonyl (C=O) groups excluding carboxylic acids is 2. The van der Waals surface area contributed by atoms with Crippen LogP contribution >= 0.6 is 0 Å². The Hall–Kier alpha value is -3.55. The molecule has 1 atom stereocenters. The zero-order chi connectivity index (χ0) is 22.3. The van der Waals surface area contributed by atoms with Crippen LogP contribution in [-0.4, -0.2) is 39.4 Å². The Labute approximate surface area is 177 Å². The number of aromatic amines is 1. The van der Waals surface area contributed by atoms with E-state index in [4.69, 9.17) is 4.74 Å². The number of ether oxygens (including phenoxy) is 1. The molecule has 3 heterocycles. The van der Waals surface area contributed by atoms with Crippen molar-refractivity contribution in [3.8, 4) is 0 Å². The molecule has 0 saturated heterocycles. The Morgan fingerprint density at radius 3 is 2.71 bits per heavy atom. The van der Waals surface area contributed by atoms with Crippen molar-refractivity contribution < 1.29 is 23.1 Å². The van der Waals surface area contributed by atoms with E-state index < -0.39 is 23.5 Å². The van der Waals surface area contributed by atoms with Crippen molar-refractivity contribution in [2.45, 2.75) is 32.8 Å². The van der Waals surface area contributed by atoms with E-state index in [2.05, 4.69) is 9.97 Å². The summed E-state index contributed by atoms with van der Waals surface area (Å²) in [6.07, 6.45) is 2.69. The summed E-state index contributed by atoms with van der Waals surface area (Å²) in [6, 6.07) is 6.67. The van der Waals surface area contributed by atoms with Crippen molar-refractivity contribution in [1.82, 2.24) is 14.9 Å². The van der Waals surface area contributed by atoms with Crippen LogP contribution in [0.15, 0.2) is 42.7 Å². The number of pyridine rings is 1. The molecule has 4 rings (SSSR count). The van der Waals surface area contributed by atoms with Crippen molar-refractivity contribution in [1.29, 1.82) is 0 Å². The lowest BCUT2D eigenvalue weighted by molar-refractivity contribution is -0.140. The number of hydrogen-bond acceptors (Lipinski definition) is 4. The highest BCUT2D eigenvalue weighted by Crippen LogP contribution is 2.36. The molecule has 0 fully saturated rings. The van der Waals surface area contributed by atoms with Gasteiger partial charge in [0.2, 0.25) is 0 Å². The lowest BCUT2D eigenvalue weighted by Crippen LogP contribution is -2.29. The molecule has 1 aliphatic rings. The van der Waals surface area contributed by atoms with Crippen molar-refractivity contribution in [3.05, 3.63) is 71.2 Å². The third kappa shape index (κ3) is 3.81. The lowest BCUT2D eigenvalue weighted by atomic mass is 9.96. The minimum Gasteiger partial charge on any atom is -0.459 e. The van der Waals surface area contributed by atoms with Gasteiger partial charge in [0.1, 0.15) is 5.65 Å². The first kappa shape index (κ1) is 20.7. The van der Waals surface area contributed by atoms with Gasteiger partial charge >= 0.3 is 5.97 Å². The van der Waals surface area contributed by atoms with E-state index in [0.29, 0.717) is 11.3 Å². The molecule has 0 saturated carbocycles. The summed E-state index contributed by atoms with van der Waals surface area (Å²) in [5.74, 6) is -3.47. The second kappa shape index (κ2) is 7.94. The predicted molar refractivity (Wildman–Crippen MR) is 111 cm³/mol. The fraction of sp³-hybridized carbons (Fsp3) is 0.261. The molecule has 0 radical (unpaired) electrons. The normalized spacial score (nSPS) is 16.1. The fourth-order valence-corrected chi connectivity index (χ4v) is 3.80. The van der Waals surface area contributed by atoms with Crippen LogP contribution in [0.2, 0.25) is 0 Å². The van der Waals surface area contributed by atoms with E-state index >= 15 is 0 Å². The number of esters is 1. The molecule has 1 amide bonds. The number of benzene rings is 1. The molecule has 0 spiro atoms. The number of rotatable bonds is 3. The van der Waals surface area contributed by atoms with Crippen LogP contribution in [0.5, 0.6) is 0 Å². The maximum absolute atomic E-state index is 13.7. The molecule has 1 N–H and O–H groups in total. The van der Waals surface area contributed by atoms with Gasteiger partial charge in [0.25, 0.3) is 5.91 Å². The quantitative estimate of drug-likeness (QED) is 0.632. The monoisotopic (exact) mass is 425 g/mol. The Balaban J connectivity index is 1.84. The van der Waals surface area contributed by atoms with Gasteiger partial charge in [-0.15, -0.1) is 0 Å². The molecule has 6 nitrogen and oxygen atoms in total. The SMILES string of the molecule is CC(C)OC(=O)C1=CN(C(=O)c2ccc(F)c(F)c2)CC(C)c2c1[nH]c1ncccc21. The van der Waals surface area contributed by atoms with E-state index in [1.165, 1.54) is 17.2 Å². The first-order valence-electron chi connectivity index (χ1n) is 9.92. The minimum absolute atomic E-state index is 0.0176. The maximum Gasteiger partial charge on any atom is 0.342 e. The molecule has 2 aromatic heterocycles. The molecule has 0 aliphatic carbocycles. The topological polar surface area (TPSA) is 75.3 Å². The lowest BCUT2D eigenvalue weighted by Gasteiger charge is -2.21. The van der Waals surface area contributed by atoms with Crippen molar-refractivity contribution in [3.63, 3.8) is 0 Å². The van der Waals surface area contributed by atoms with Gasteiger partial charge in [0, 0.05) is 35.8 Å². The molecule has 1 unspecified atom stereocenters. The van der Waals surface area contributed by atoms with Crippen LogP contribution in [0.3, 0.4) is 0 Å². The van der Waals surface area contributed by atoms with E-state index in [-0.39, 0.29) is 29.7 Å². The Morgan fingerprint density at radius 2 is 2.00 bits per heavy atom. The maximum atomic E-state index is 13.7. The standard InChI is InChI=1S/C23H21F2N3O3/c1-12(2)31-23(30)16-11-28(22(29)14-6-7-17(24)18(25)9-14)10-13(3)19-15-5-4-8-26-21(15)27-20(16)19/h4-9,11-13H,10H2,1-3H3,(H,26,27). The van der Waals surface area contributed by atoms with Gasteiger partial charge in [0.05, 0.1) is 17.4 Å². The molecular weight excluding hydrogens is 404 g/mol. The Bertz CT molecular complexity index is 1220. The number of halogens is 2. The first-order valence-corrected chi connectivity index (χ1v) is 9.92. The number of nitrogens with zero attached hydrogens (tertiary/aromatic N) is 2. The predicted octanol–water partition coefficient (Wildman–Crippen LogP) is 4.39. The van der Waals surface area contributed by atoms with Gasteiger partial charge in [-0.05, 0) is 49.7 Å². The second-order valence-electron chi connectivity index (χ2n) is 7.80. The van der Waals surface area contributed by atoms with E-state index in [9.17, 15) is 18.4 Å². The number of aromatic nitrogens is 2. The summed E-state index contributed by atoms with van der Waals surface area (Å²) in [6.45, 7) is 5.62. The molecule has 31 heavy (non-hydrogen) atoms. The zero-order valence-corrected chi connectivity index (χ0v) is 17.3. The summed E-state index contributed by atoms with van der Waals surface area (Å²) in [5, 5.41) is 0.843. The molecule has 1 aliphatic heterocycles. The molecule has 160 valence electrons. The number of nitrogens with one attached hydrogen (secondary N) is 1. The van der Waals surface area contributed by atoms with Crippen LogP contribution in [0.1, 0.15) is 48.3 Å². The Morgan fingerprint density at radius 1 is 1.23 bits per heavy atom. The molecular formula is C23H21F2N3O3. The second-order valence-corrected chi connectivity index (χ2v) is 7.80. The number of amides is 1. The third-order valence-electron chi connectivity index (χ3n) is 5.12. The van der Waals surface area contributed by atoms with Gasteiger partial charge in [-0.1, -0.05) is 6.92 Å². The first-order chi connectivity index (χ1) is 14.8. The van der Waals surface area contributed by atoms with E-state index in [0.717, 1.165) is 23.1 Å². The molecule has 8 heteroatoms. The van der Waals surface area contributed by atoms with Gasteiger partial charge in [-0.2, -0.15) is 0 Å². The molecule has 0 bridgehead atoms. The van der Waals surface area contributed by atoms with Crippen molar-refractivity contribution in [2.75, 3.05) is 6.54 Å². The number of fused-ring (bicyclic) bond motifs is 3. The number of carbonyl (C=O) groups is 2. The van der Waals surface area contributed by atoms with Crippen LogP contribution in [-0.2, 0) is 9.53 Å². The van der Waals surface area contributed by atoms with Gasteiger partial charge < -0.3 is 14.6 Å². The summed E-state index contributed by atoms with van der Waals surface area (Å²) >= 11 is 0. The Kier molecular flexibility index (Phi) is 5.31. The minimum atomic E-state index is -1.11. The number of hydrogen-bond donors (Lipinski definition) is 1. The third-order valence-corrected chi connectivity index (χ3v) is 5.12. The average molecular weight is 425 g/mol. The summed E-state index contributed by atoms with van der Waals surface area (Å²) < 4.78 is 32.4. The van der Waals surface area contributed by atoms with Gasteiger partial charge in [0.15, 0.2) is 11.6 Å². The van der Waals surface area contributed by atoms with Crippen molar-refractivity contribution in [2.24, 2.45) is 0 Å². The largest absolute Gasteiger partial charge is 0.459 e. The fourth-order valence-electron chi connectivity index (χ4n) is 3.80. The van der Waals surface area contributed by atoms with E-state index in [1.54, 1.807) is 26.1 Å². The highest BCUT2D eigenvalue weighted by Gasteiger charge is 2.32. The smallest absolute Gasteiger partial charge is 0.342 e. The average Bonchev–Trinajstić information content (AvgIpc) is 3.04. The van der Waals surface area contributed by atoms with Crippen LogP contribution < -0.4 is 0 Å². The van der Waals surface area contributed by atoms with Crippen LogP contribution in [0.4, 0.5) is 8.78 Å². The molecule has 3 aromatic rings. The van der Waals surface area contributed by atoms with E-state index in [1.807, 2.05) is 13.0 Å². The highest BCUT2D eigenvalue weighted by atomic mass is 19.2. The number of H-pyrrole nitrogens is 1. The van der Waals surface area contributed by atoms with Gasteiger partial charge in [-0.3, -0.25) is 4.79 Å². The van der Waals surface area contributed by atoms with Crippen molar-refractivity contribution >= 4 is 28.5 Å². The summed E-state index contributed by atoms with van der Waals surface area (Å²) in [4.78, 5) is 34.9. The highest BCUT2D eigenvalue weighted by molar-refractivity contribution is 6.18. The summed E-state index contributed by atoms with van der Waals surface area (Å²) in [7, 11) is 0. The van der Waals surface area contributed by atoms with Crippen LogP contribution in [0.25, 0.3) is 16.6 Å². The molecule has 1 aromatic carbocycles. The summed E-state index contributed by atoms with van der Waals surface area (Å²) in [5.41, 5.74) is 2.16. The van der Waals surface area contributed by atoms with Gasteiger partial charge in [-0.25, -0.2) is 18.6 Å². The zero-order valence-electron chi connectivity index (χ0n) is 17.3. The van der Waals surface area contributed by atoms with Crippen LogP contribution in [0, 0.1) is 11.6 Å².